The Bertz CT molecular complexity index is 917. The van der Waals surface area contributed by atoms with Gasteiger partial charge in [-0.1, -0.05) is 127 Å². The zero-order valence-corrected chi connectivity index (χ0v) is 30.4. The van der Waals surface area contributed by atoms with E-state index < -0.39 is 18.1 Å². The lowest BCUT2D eigenvalue weighted by molar-refractivity contribution is -0.889. The van der Waals surface area contributed by atoms with Gasteiger partial charge in [-0.2, -0.15) is 0 Å². The van der Waals surface area contributed by atoms with E-state index in [-0.39, 0.29) is 42.7 Å². The molecule has 0 aromatic heterocycles. The third-order valence-electron chi connectivity index (χ3n) is 7.82. The zero-order chi connectivity index (χ0) is 35.0. The lowest BCUT2D eigenvalue weighted by atomic mass is 10.1. The molecule has 0 aromatic rings. The van der Waals surface area contributed by atoms with Gasteiger partial charge in [-0.3, -0.25) is 9.59 Å². The van der Waals surface area contributed by atoms with Crippen LogP contribution < -0.4 is 5.11 Å². The normalized spacial score (nSPS) is 13.6. The Morgan fingerprint density at radius 2 is 1.19 bits per heavy atom. The molecular weight excluding hydrogens is 594 g/mol. The average Bonchev–Trinajstić information content (AvgIpc) is 3.01. The monoisotopic (exact) mass is 661 g/mol. The van der Waals surface area contributed by atoms with Crippen LogP contribution in [0.4, 0.5) is 0 Å². The molecule has 2 atom stereocenters. The van der Waals surface area contributed by atoms with Gasteiger partial charge in [0.05, 0.1) is 40.3 Å². The highest BCUT2D eigenvalue weighted by atomic mass is 16.6. The van der Waals surface area contributed by atoms with Gasteiger partial charge < -0.3 is 28.6 Å². The van der Waals surface area contributed by atoms with Crippen LogP contribution in [0.1, 0.15) is 129 Å². The number of carboxylic acid groups (broad SMARTS) is 1. The van der Waals surface area contributed by atoms with Gasteiger partial charge >= 0.3 is 11.9 Å². The fourth-order valence-electron chi connectivity index (χ4n) is 4.96. The zero-order valence-electron chi connectivity index (χ0n) is 30.4. The molecule has 2 unspecified atom stereocenters. The number of nitrogens with zero attached hydrogens (tertiary/aromatic N) is 1. The Kier molecular flexibility index (Phi) is 28.8. The Labute approximate surface area is 286 Å². The number of ether oxygens (including phenoxy) is 3. The number of aliphatic carboxylic acids is 1. The van der Waals surface area contributed by atoms with E-state index in [1.165, 1.54) is 32.1 Å². The number of hydrogen-bond donors (Lipinski definition) is 0. The average molecular weight is 662 g/mol. The third-order valence-corrected chi connectivity index (χ3v) is 7.82. The van der Waals surface area contributed by atoms with Crippen LogP contribution in [-0.2, 0) is 28.6 Å². The highest BCUT2D eigenvalue weighted by Gasteiger charge is 2.25. The molecular formula is C39H67NO7. The number of unbranched alkanes of at least 4 members (excludes halogenated alkanes) is 12. The molecule has 0 amide bonds. The van der Waals surface area contributed by atoms with Crippen LogP contribution in [0, 0.1) is 0 Å². The number of carbonyl (C=O) groups excluding carboxylic acids is 3. The summed E-state index contributed by atoms with van der Waals surface area (Å²) in [4.78, 5) is 36.5. The second-order valence-electron chi connectivity index (χ2n) is 13.2. The minimum atomic E-state index is -1.13. The first-order chi connectivity index (χ1) is 22.6. The van der Waals surface area contributed by atoms with E-state index in [1.54, 1.807) is 21.1 Å². The van der Waals surface area contributed by atoms with Gasteiger partial charge in [-0.05, 0) is 32.1 Å². The number of likely N-dealkylation sites (N-methyl/N-ethyl adjacent to an activating group) is 1. The number of hydrogen-bond acceptors (Lipinski definition) is 7. The lowest BCUT2D eigenvalue weighted by Crippen LogP contribution is -2.55. The van der Waals surface area contributed by atoms with Gasteiger partial charge in [0.15, 0.2) is 6.10 Å². The van der Waals surface area contributed by atoms with Gasteiger partial charge in [0.25, 0.3) is 0 Å². The number of esters is 2. The molecule has 0 radical (unpaired) electrons. The third kappa shape index (κ3) is 29.2. The summed E-state index contributed by atoms with van der Waals surface area (Å²) in [5.74, 6) is -1.78. The van der Waals surface area contributed by atoms with Gasteiger partial charge in [0, 0.05) is 19.3 Å². The summed E-state index contributed by atoms with van der Waals surface area (Å²) in [7, 11) is 5.37. The van der Waals surface area contributed by atoms with Crippen LogP contribution in [0.25, 0.3) is 0 Å². The summed E-state index contributed by atoms with van der Waals surface area (Å²) < 4.78 is 17.0. The molecule has 0 saturated carbocycles. The van der Waals surface area contributed by atoms with E-state index >= 15 is 0 Å². The number of rotatable bonds is 31. The molecule has 0 bridgehead atoms. The number of carbonyl (C=O) groups is 3. The minimum Gasteiger partial charge on any atom is -0.544 e. The SMILES string of the molecule is CC/C=C/C=C/C=C/C=C/CCCCCCCC(=O)OC(COCCC(C(=O)[O-])[N+](C)(C)C)COC(=O)CCCCCCCCCC. The molecule has 0 aliphatic rings. The van der Waals surface area contributed by atoms with Crippen molar-refractivity contribution >= 4 is 17.9 Å². The second kappa shape index (κ2) is 30.6. The van der Waals surface area contributed by atoms with Crippen LogP contribution in [0.5, 0.6) is 0 Å². The Hall–Kier alpha value is -2.71. The summed E-state index contributed by atoms with van der Waals surface area (Å²) >= 11 is 0. The van der Waals surface area contributed by atoms with Crippen LogP contribution in [0.15, 0.2) is 48.6 Å². The van der Waals surface area contributed by atoms with Crippen LogP contribution in [0.3, 0.4) is 0 Å². The standard InChI is InChI=1S/C39H67NO7/c1-6-8-10-12-14-16-17-18-19-20-21-22-24-26-28-30-38(42)47-35(33-45-32-31-36(39(43)44)40(3,4)5)34-46-37(41)29-27-25-23-15-13-11-9-7-2/h8,10,12,14,16-19,35-36H,6-7,9,11,13,15,20-34H2,1-5H3/b10-8+,14-12+,17-16+,19-18+. The molecule has 0 saturated heterocycles. The summed E-state index contributed by atoms with van der Waals surface area (Å²) in [6.45, 7) is 4.44. The summed E-state index contributed by atoms with van der Waals surface area (Å²) in [6, 6.07) is -0.728. The Balaban J connectivity index is 4.48. The largest absolute Gasteiger partial charge is 0.544 e. The molecule has 0 heterocycles. The fraction of sp³-hybridized carbons (Fsp3) is 0.718. The highest BCUT2D eigenvalue weighted by Crippen LogP contribution is 2.12. The quantitative estimate of drug-likeness (QED) is 0.0327. The molecule has 8 nitrogen and oxygen atoms in total. The van der Waals surface area contributed by atoms with E-state index in [9.17, 15) is 19.5 Å². The van der Waals surface area contributed by atoms with E-state index in [1.807, 2.05) is 30.4 Å². The molecule has 0 aliphatic heterocycles. The highest BCUT2D eigenvalue weighted by molar-refractivity contribution is 5.70. The van der Waals surface area contributed by atoms with Crippen molar-refractivity contribution in [1.29, 1.82) is 0 Å². The maximum atomic E-state index is 12.6. The van der Waals surface area contributed by atoms with E-state index in [0.29, 0.717) is 12.8 Å². The molecule has 8 heteroatoms. The predicted octanol–water partition coefficient (Wildman–Crippen LogP) is 7.57. The van der Waals surface area contributed by atoms with Gasteiger partial charge in [0.2, 0.25) is 0 Å². The van der Waals surface area contributed by atoms with E-state index in [4.69, 9.17) is 14.2 Å². The number of allylic oxidation sites excluding steroid dienone is 8. The van der Waals surface area contributed by atoms with Crippen molar-refractivity contribution in [2.75, 3.05) is 41.0 Å². The van der Waals surface area contributed by atoms with E-state index in [0.717, 1.165) is 64.2 Å². The Morgan fingerprint density at radius 1 is 0.660 bits per heavy atom. The van der Waals surface area contributed by atoms with Crippen molar-refractivity contribution in [3.8, 4) is 0 Å². The molecule has 0 rings (SSSR count). The molecule has 0 N–H and O–H groups in total. The summed E-state index contributed by atoms with van der Waals surface area (Å²) in [5.41, 5.74) is 0. The first-order valence-electron chi connectivity index (χ1n) is 18.2. The van der Waals surface area contributed by atoms with Crippen LogP contribution in [-0.4, -0.2) is 75.5 Å². The Morgan fingerprint density at radius 3 is 1.77 bits per heavy atom. The summed E-state index contributed by atoms with van der Waals surface area (Å²) in [6.07, 6.45) is 32.8. The number of quaternary nitrogens is 1. The second-order valence-corrected chi connectivity index (χ2v) is 13.2. The topological polar surface area (TPSA) is 102 Å². The van der Waals surface area contributed by atoms with Gasteiger partial charge in [-0.25, -0.2) is 0 Å². The van der Waals surface area contributed by atoms with Crippen molar-refractivity contribution in [2.24, 2.45) is 0 Å². The minimum absolute atomic E-state index is 0.0303. The lowest BCUT2D eigenvalue weighted by Gasteiger charge is -2.34. The molecule has 0 fully saturated rings. The van der Waals surface area contributed by atoms with Crippen molar-refractivity contribution in [3.63, 3.8) is 0 Å². The van der Waals surface area contributed by atoms with Crippen LogP contribution in [0.2, 0.25) is 0 Å². The smallest absolute Gasteiger partial charge is 0.306 e. The fourth-order valence-corrected chi connectivity index (χ4v) is 4.96. The molecule has 0 spiro atoms. The summed E-state index contributed by atoms with van der Waals surface area (Å²) in [5, 5.41) is 11.5. The molecule has 0 aromatic carbocycles. The van der Waals surface area contributed by atoms with Gasteiger partial charge in [0.1, 0.15) is 12.6 Å². The van der Waals surface area contributed by atoms with Crippen molar-refractivity contribution in [2.45, 2.75) is 142 Å². The van der Waals surface area contributed by atoms with Crippen molar-refractivity contribution < 1.29 is 38.2 Å². The predicted molar refractivity (Wildman–Crippen MR) is 189 cm³/mol. The number of carboxylic acids is 1. The maximum Gasteiger partial charge on any atom is 0.306 e. The van der Waals surface area contributed by atoms with E-state index in [2.05, 4.69) is 32.1 Å². The molecule has 270 valence electrons. The van der Waals surface area contributed by atoms with Gasteiger partial charge in [-0.15, -0.1) is 0 Å². The molecule has 0 aliphatic carbocycles. The maximum absolute atomic E-state index is 12.6. The van der Waals surface area contributed by atoms with Crippen LogP contribution >= 0.6 is 0 Å². The van der Waals surface area contributed by atoms with Crippen molar-refractivity contribution in [3.05, 3.63) is 48.6 Å². The van der Waals surface area contributed by atoms with Crippen molar-refractivity contribution in [1.82, 2.24) is 0 Å². The first kappa shape index (κ1) is 44.3. The molecule has 47 heavy (non-hydrogen) atoms. The first-order valence-corrected chi connectivity index (χ1v) is 18.2.